The van der Waals surface area contributed by atoms with Crippen LogP contribution in [0.5, 0.6) is 0 Å². The molecule has 1 aliphatic carbocycles. The van der Waals surface area contributed by atoms with Gasteiger partial charge in [-0.2, -0.15) is 0 Å². The molecule has 1 saturated carbocycles. The van der Waals surface area contributed by atoms with Gasteiger partial charge in [0, 0.05) is 13.1 Å². The van der Waals surface area contributed by atoms with Crippen molar-refractivity contribution in [1.29, 1.82) is 0 Å². The lowest BCUT2D eigenvalue weighted by molar-refractivity contribution is 0.361. The zero-order valence-corrected chi connectivity index (χ0v) is 9.27. The Bertz CT molecular complexity index is 353. The number of piperidine rings is 1. The van der Waals surface area contributed by atoms with Gasteiger partial charge in [0.15, 0.2) is 5.82 Å². The minimum absolute atomic E-state index is 0.364. The zero-order chi connectivity index (χ0) is 11.0. The van der Waals surface area contributed by atoms with E-state index in [-0.39, 0.29) is 5.82 Å². The molecule has 1 aromatic heterocycles. The fourth-order valence-electron chi connectivity index (χ4n) is 2.61. The van der Waals surface area contributed by atoms with E-state index in [4.69, 9.17) is 0 Å². The average Bonchev–Trinajstić information content (AvgIpc) is 3.14. The standard InChI is InChI=1S/C12H16FN3/c13-11-7-14-12(15-8-11)16-5-3-10(4-6-16)9-1-2-9/h7-10H,1-6H2. The van der Waals surface area contributed by atoms with Gasteiger partial charge in [-0.05, 0) is 37.5 Å². The second kappa shape index (κ2) is 4.00. The molecule has 86 valence electrons. The first kappa shape index (κ1) is 10.00. The highest BCUT2D eigenvalue weighted by atomic mass is 19.1. The quantitative estimate of drug-likeness (QED) is 0.767. The van der Waals surface area contributed by atoms with Gasteiger partial charge in [-0.25, -0.2) is 14.4 Å². The van der Waals surface area contributed by atoms with Gasteiger partial charge in [0.25, 0.3) is 0 Å². The summed E-state index contributed by atoms with van der Waals surface area (Å²) in [5, 5.41) is 0. The number of anilines is 1. The fourth-order valence-corrected chi connectivity index (χ4v) is 2.61. The van der Waals surface area contributed by atoms with Crippen LogP contribution in [0.4, 0.5) is 10.3 Å². The van der Waals surface area contributed by atoms with Crippen LogP contribution in [-0.4, -0.2) is 23.1 Å². The van der Waals surface area contributed by atoms with Gasteiger partial charge in [-0.1, -0.05) is 0 Å². The van der Waals surface area contributed by atoms with Crippen molar-refractivity contribution >= 4 is 5.95 Å². The van der Waals surface area contributed by atoms with Crippen LogP contribution >= 0.6 is 0 Å². The third kappa shape index (κ3) is 2.01. The summed E-state index contributed by atoms with van der Waals surface area (Å²) in [5.74, 6) is 2.22. The maximum atomic E-state index is 12.7. The second-order valence-electron chi connectivity index (χ2n) is 4.86. The lowest BCUT2D eigenvalue weighted by Gasteiger charge is -2.31. The molecule has 4 heteroatoms. The van der Waals surface area contributed by atoms with Crippen LogP contribution in [0.3, 0.4) is 0 Å². The molecule has 0 bridgehead atoms. The molecule has 1 aliphatic heterocycles. The van der Waals surface area contributed by atoms with Crippen molar-refractivity contribution in [3.8, 4) is 0 Å². The van der Waals surface area contributed by atoms with Gasteiger partial charge < -0.3 is 4.90 Å². The summed E-state index contributed by atoms with van der Waals surface area (Å²) in [7, 11) is 0. The molecule has 2 aliphatic rings. The molecule has 0 radical (unpaired) electrons. The normalized spacial score (nSPS) is 22.4. The van der Waals surface area contributed by atoms with E-state index >= 15 is 0 Å². The Hall–Kier alpha value is -1.19. The highest BCUT2D eigenvalue weighted by Crippen LogP contribution is 2.41. The van der Waals surface area contributed by atoms with Crippen molar-refractivity contribution in [3.05, 3.63) is 18.2 Å². The topological polar surface area (TPSA) is 29.0 Å². The Morgan fingerprint density at radius 2 is 1.56 bits per heavy atom. The van der Waals surface area contributed by atoms with Crippen molar-refractivity contribution in [1.82, 2.24) is 9.97 Å². The van der Waals surface area contributed by atoms with Crippen LogP contribution in [0.1, 0.15) is 25.7 Å². The number of hydrogen-bond acceptors (Lipinski definition) is 3. The van der Waals surface area contributed by atoms with E-state index in [0.717, 1.165) is 24.9 Å². The molecule has 0 unspecified atom stereocenters. The first-order valence-electron chi connectivity index (χ1n) is 6.05. The zero-order valence-electron chi connectivity index (χ0n) is 9.27. The molecule has 1 aromatic rings. The molecule has 2 fully saturated rings. The van der Waals surface area contributed by atoms with Gasteiger partial charge in [-0.15, -0.1) is 0 Å². The third-order valence-electron chi connectivity index (χ3n) is 3.72. The van der Waals surface area contributed by atoms with E-state index in [2.05, 4.69) is 14.9 Å². The fraction of sp³-hybridized carbons (Fsp3) is 0.667. The summed E-state index contributed by atoms with van der Waals surface area (Å²) < 4.78 is 12.7. The number of rotatable bonds is 2. The summed E-state index contributed by atoms with van der Waals surface area (Å²) in [6.07, 6.45) is 7.83. The van der Waals surface area contributed by atoms with Crippen LogP contribution < -0.4 is 4.90 Å². The monoisotopic (exact) mass is 221 g/mol. The van der Waals surface area contributed by atoms with Crippen molar-refractivity contribution in [2.24, 2.45) is 11.8 Å². The van der Waals surface area contributed by atoms with E-state index in [1.54, 1.807) is 0 Å². The Morgan fingerprint density at radius 1 is 1.00 bits per heavy atom. The van der Waals surface area contributed by atoms with Crippen LogP contribution in [0, 0.1) is 17.7 Å². The Morgan fingerprint density at radius 3 is 2.12 bits per heavy atom. The van der Waals surface area contributed by atoms with Gasteiger partial charge in [0.1, 0.15) is 0 Å². The number of nitrogens with zero attached hydrogens (tertiary/aromatic N) is 3. The number of aromatic nitrogens is 2. The van der Waals surface area contributed by atoms with E-state index in [0.29, 0.717) is 5.95 Å². The van der Waals surface area contributed by atoms with Crippen molar-refractivity contribution in [2.75, 3.05) is 18.0 Å². The van der Waals surface area contributed by atoms with Gasteiger partial charge in [0.2, 0.25) is 5.95 Å². The first-order valence-corrected chi connectivity index (χ1v) is 6.05. The minimum Gasteiger partial charge on any atom is -0.341 e. The smallest absolute Gasteiger partial charge is 0.225 e. The van der Waals surface area contributed by atoms with E-state index < -0.39 is 0 Å². The summed E-state index contributed by atoms with van der Waals surface area (Å²) in [6, 6.07) is 0. The molecule has 3 rings (SSSR count). The summed E-state index contributed by atoms with van der Waals surface area (Å²) in [5.41, 5.74) is 0. The predicted molar refractivity (Wildman–Crippen MR) is 59.7 cm³/mol. The summed E-state index contributed by atoms with van der Waals surface area (Å²) >= 11 is 0. The molecule has 0 amide bonds. The lowest BCUT2D eigenvalue weighted by Crippen LogP contribution is -2.35. The molecular weight excluding hydrogens is 205 g/mol. The summed E-state index contributed by atoms with van der Waals surface area (Å²) in [4.78, 5) is 10.2. The molecule has 2 heterocycles. The summed E-state index contributed by atoms with van der Waals surface area (Å²) in [6.45, 7) is 2.04. The van der Waals surface area contributed by atoms with E-state index in [1.807, 2.05) is 0 Å². The van der Waals surface area contributed by atoms with Crippen LogP contribution in [0.15, 0.2) is 12.4 Å². The molecule has 0 N–H and O–H groups in total. The number of halogens is 1. The third-order valence-corrected chi connectivity index (χ3v) is 3.72. The SMILES string of the molecule is Fc1cnc(N2CCC(C3CC3)CC2)nc1. The lowest BCUT2D eigenvalue weighted by atomic mass is 9.92. The van der Waals surface area contributed by atoms with Crippen LogP contribution in [-0.2, 0) is 0 Å². The Balaban J connectivity index is 1.62. The Kier molecular flexibility index (Phi) is 2.50. The maximum Gasteiger partial charge on any atom is 0.225 e. The maximum absolute atomic E-state index is 12.7. The molecule has 0 spiro atoms. The van der Waals surface area contributed by atoms with Crippen molar-refractivity contribution in [2.45, 2.75) is 25.7 Å². The number of hydrogen-bond donors (Lipinski definition) is 0. The van der Waals surface area contributed by atoms with Gasteiger partial charge >= 0.3 is 0 Å². The second-order valence-corrected chi connectivity index (χ2v) is 4.86. The van der Waals surface area contributed by atoms with Crippen molar-refractivity contribution < 1.29 is 4.39 Å². The molecule has 0 aromatic carbocycles. The molecule has 3 nitrogen and oxygen atoms in total. The van der Waals surface area contributed by atoms with Crippen LogP contribution in [0.25, 0.3) is 0 Å². The average molecular weight is 221 g/mol. The van der Waals surface area contributed by atoms with E-state index in [9.17, 15) is 4.39 Å². The highest BCUT2D eigenvalue weighted by Gasteiger charge is 2.33. The molecule has 1 saturated heterocycles. The first-order chi connectivity index (χ1) is 7.83. The largest absolute Gasteiger partial charge is 0.341 e. The molecule has 0 atom stereocenters. The highest BCUT2D eigenvalue weighted by molar-refractivity contribution is 5.29. The Labute approximate surface area is 94.7 Å². The minimum atomic E-state index is -0.364. The molecular formula is C12H16FN3. The predicted octanol–water partition coefficient (Wildman–Crippen LogP) is 2.24. The van der Waals surface area contributed by atoms with Crippen molar-refractivity contribution in [3.63, 3.8) is 0 Å². The van der Waals surface area contributed by atoms with Gasteiger partial charge in [-0.3, -0.25) is 0 Å². The van der Waals surface area contributed by atoms with Gasteiger partial charge in [0.05, 0.1) is 12.4 Å². The van der Waals surface area contributed by atoms with Crippen LogP contribution in [0.2, 0.25) is 0 Å². The molecule has 16 heavy (non-hydrogen) atoms. The van der Waals surface area contributed by atoms with E-state index in [1.165, 1.54) is 38.1 Å².